The molecule has 0 bridgehead atoms. The summed E-state index contributed by atoms with van der Waals surface area (Å²) in [7, 11) is 1.65. The number of aromatic nitrogens is 1. The van der Waals surface area contributed by atoms with Gasteiger partial charge >= 0.3 is 0 Å². The molecule has 2 aromatic carbocycles. The second-order valence-corrected chi connectivity index (χ2v) is 6.56. The summed E-state index contributed by atoms with van der Waals surface area (Å²) in [5.74, 6) is 0.863. The van der Waals surface area contributed by atoms with Crippen LogP contribution in [0.3, 0.4) is 0 Å². The van der Waals surface area contributed by atoms with Crippen molar-refractivity contribution in [3.8, 4) is 5.75 Å². The number of anilines is 1. The van der Waals surface area contributed by atoms with Gasteiger partial charge in [0.15, 0.2) is 0 Å². The second-order valence-electron chi connectivity index (χ2n) is 6.56. The van der Waals surface area contributed by atoms with Crippen LogP contribution in [0, 0.1) is 0 Å². The molecule has 0 fully saturated rings. The van der Waals surface area contributed by atoms with E-state index < -0.39 is 0 Å². The van der Waals surface area contributed by atoms with E-state index in [2.05, 4.69) is 10.3 Å². The maximum atomic E-state index is 13.0. The quantitative estimate of drug-likeness (QED) is 0.726. The van der Waals surface area contributed by atoms with Gasteiger partial charge in [-0.2, -0.15) is 0 Å². The lowest BCUT2D eigenvalue weighted by molar-refractivity contribution is 0.0767. The lowest BCUT2D eigenvalue weighted by Crippen LogP contribution is -2.23. The fourth-order valence-corrected chi connectivity index (χ4v) is 3.38. The molecule has 0 radical (unpaired) electrons. The summed E-state index contributed by atoms with van der Waals surface area (Å²) in [5, 5.41) is 3.40. The topological polar surface area (TPSA) is 54.5 Å². The van der Waals surface area contributed by atoms with Crippen LogP contribution in [-0.2, 0) is 19.6 Å². The highest BCUT2D eigenvalue weighted by molar-refractivity contribution is 6.03. The molecule has 1 aliphatic rings. The van der Waals surface area contributed by atoms with E-state index in [0.717, 1.165) is 33.7 Å². The zero-order chi connectivity index (χ0) is 18.6. The van der Waals surface area contributed by atoms with Crippen LogP contribution in [-0.4, -0.2) is 22.9 Å². The Hall–Kier alpha value is -3.34. The maximum absolute atomic E-state index is 13.0. The molecule has 1 aromatic heterocycles. The predicted molar refractivity (Wildman–Crippen MR) is 105 cm³/mol. The minimum Gasteiger partial charge on any atom is -0.497 e. The van der Waals surface area contributed by atoms with Crippen LogP contribution in [0.5, 0.6) is 5.75 Å². The number of rotatable bonds is 6. The van der Waals surface area contributed by atoms with Crippen LogP contribution in [0.2, 0.25) is 0 Å². The van der Waals surface area contributed by atoms with E-state index >= 15 is 0 Å². The number of nitrogens with zero attached hydrogens (tertiary/aromatic N) is 2. The molecule has 2 heterocycles. The highest BCUT2D eigenvalue weighted by atomic mass is 16.5. The van der Waals surface area contributed by atoms with Crippen molar-refractivity contribution in [1.29, 1.82) is 0 Å². The summed E-state index contributed by atoms with van der Waals surface area (Å²) >= 11 is 0. The Balaban J connectivity index is 1.51. The molecule has 0 atom stereocenters. The Labute approximate surface area is 158 Å². The number of fused-ring (bicyclic) bond motifs is 1. The standard InChI is InChI=1S/C22H21N3O2/c1-27-19-6-2-4-17(12-19)14-25-15-18-5-3-7-20(21(18)22(25)26)24-13-16-8-10-23-11-9-16/h2-12,24H,13-15H2,1H3. The number of hydrogen-bond donors (Lipinski definition) is 1. The summed E-state index contributed by atoms with van der Waals surface area (Å²) < 4.78 is 5.28. The third kappa shape index (κ3) is 3.62. The van der Waals surface area contributed by atoms with Crippen molar-refractivity contribution >= 4 is 11.6 Å². The second kappa shape index (κ2) is 7.50. The van der Waals surface area contributed by atoms with Crippen molar-refractivity contribution in [3.05, 3.63) is 89.2 Å². The van der Waals surface area contributed by atoms with Gasteiger partial charge in [-0.25, -0.2) is 0 Å². The summed E-state index contributed by atoms with van der Waals surface area (Å²) in [5.41, 5.74) is 4.89. The zero-order valence-electron chi connectivity index (χ0n) is 15.2. The van der Waals surface area contributed by atoms with E-state index in [-0.39, 0.29) is 5.91 Å². The molecule has 5 heteroatoms. The Morgan fingerprint density at radius 2 is 1.89 bits per heavy atom. The number of amides is 1. The Morgan fingerprint density at radius 1 is 1.07 bits per heavy atom. The van der Waals surface area contributed by atoms with Gasteiger partial charge in [-0.3, -0.25) is 9.78 Å². The fourth-order valence-electron chi connectivity index (χ4n) is 3.38. The van der Waals surface area contributed by atoms with Gasteiger partial charge < -0.3 is 15.0 Å². The first kappa shape index (κ1) is 17.1. The molecule has 136 valence electrons. The molecule has 1 amide bonds. The number of nitrogens with one attached hydrogen (secondary N) is 1. The molecular weight excluding hydrogens is 338 g/mol. The van der Waals surface area contributed by atoms with E-state index in [1.807, 2.05) is 59.5 Å². The number of carbonyl (C=O) groups excluding carboxylic acids is 1. The van der Waals surface area contributed by atoms with Gasteiger partial charge in [0.2, 0.25) is 0 Å². The monoisotopic (exact) mass is 359 g/mol. The minimum atomic E-state index is 0.0608. The van der Waals surface area contributed by atoms with Gasteiger partial charge in [0.1, 0.15) is 5.75 Å². The van der Waals surface area contributed by atoms with E-state index in [4.69, 9.17) is 4.74 Å². The highest BCUT2D eigenvalue weighted by Crippen LogP contribution is 2.31. The molecule has 4 rings (SSSR count). The molecule has 0 saturated carbocycles. The van der Waals surface area contributed by atoms with Gasteiger partial charge in [-0.15, -0.1) is 0 Å². The minimum absolute atomic E-state index is 0.0608. The zero-order valence-corrected chi connectivity index (χ0v) is 15.2. The van der Waals surface area contributed by atoms with Crippen LogP contribution in [0.15, 0.2) is 67.0 Å². The molecule has 1 aliphatic heterocycles. The molecule has 3 aromatic rings. The fraction of sp³-hybridized carbons (Fsp3) is 0.182. The molecule has 5 nitrogen and oxygen atoms in total. The Kier molecular flexibility index (Phi) is 4.75. The number of pyridine rings is 1. The number of ether oxygens (including phenoxy) is 1. The van der Waals surface area contributed by atoms with Crippen LogP contribution in [0.1, 0.15) is 27.0 Å². The van der Waals surface area contributed by atoms with Crippen molar-refractivity contribution in [3.63, 3.8) is 0 Å². The average Bonchev–Trinajstić information content (AvgIpc) is 3.03. The number of benzene rings is 2. The number of hydrogen-bond acceptors (Lipinski definition) is 4. The molecule has 27 heavy (non-hydrogen) atoms. The number of carbonyl (C=O) groups is 1. The Morgan fingerprint density at radius 3 is 2.70 bits per heavy atom. The lowest BCUT2D eigenvalue weighted by Gasteiger charge is -2.16. The molecule has 1 N–H and O–H groups in total. The number of methoxy groups -OCH3 is 1. The summed E-state index contributed by atoms with van der Waals surface area (Å²) in [6, 6.07) is 17.8. The molecule has 0 unspecified atom stereocenters. The first-order valence-electron chi connectivity index (χ1n) is 8.91. The largest absolute Gasteiger partial charge is 0.497 e. The van der Waals surface area contributed by atoms with Crippen LogP contribution in [0.4, 0.5) is 5.69 Å². The van der Waals surface area contributed by atoms with Crippen molar-refractivity contribution in [2.75, 3.05) is 12.4 Å². The maximum Gasteiger partial charge on any atom is 0.256 e. The van der Waals surface area contributed by atoms with E-state index in [1.165, 1.54) is 0 Å². The first-order chi connectivity index (χ1) is 13.2. The summed E-state index contributed by atoms with van der Waals surface area (Å²) in [6.07, 6.45) is 3.54. The van der Waals surface area contributed by atoms with Crippen LogP contribution >= 0.6 is 0 Å². The van der Waals surface area contributed by atoms with Crippen molar-refractivity contribution in [2.45, 2.75) is 19.6 Å². The third-order valence-electron chi connectivity index (χ3n) is 4.75. The van der Waals surface area contributed by atoms with Crippen LogP contribution < -0.4 is 10.1 Å². The van der Waals surface area contributed by atoms with Crippen LogP contribution in [0.25, 0.3) is 0 Å². The summed E-state index contributed by atoms with van der Waals surface area (Å²) in [4.78, 5) is 18.9. The average molecular weight is 359 g/mol. The summed E-state index contributed by atoms with van der Waals surface area (Å²) in [6.45, 7) is 1.84. The van der Waals surface area contributed by atoms with E-state index in [9.17, 15) is 4.79 Å². The smallest absolute Gasteiger partial charge is 0.256 e. The first-order valence-corrected chi connectivity index (χ1v) is 8.91. The van der Waals surface area contributed by atoms with Gasteiger partial charge in [0, 0.05) is 37.7 Å². The van der Waals surface area contributed by atoms with E-state index in [0.29, 0.717) is 19.6 Å². The van der Waals surface area contributed by atoms with E-state index in [1.54, 1.807) is 19.5 Å². The van der Waals surface area contributed by atoms with Gasteiger partial charge in [0.05, 0.1) is 12.7 Å². The normalized spacial score (nSPS) is 12.8. The van der Waals surface area contributed by atoms with Gasteiger partial charge in [0.25, 0.3) is 5.91 Å². The predicted octanol–water partition coefficient (Wildman–Crippen LogP) is 3.86. The highest BCUT2D eigenvalue weighted by Gasteiger charge is 2.29. The Bertz CT molecular complexity index is 957. The molecule has 0 aliphatic carbocycles. The van der Waals surface area contributed by atoms with Crippen molar-refractivity contribution in [2.24, 2.45) is 0 Å². The lowest BCUT2D eigenvalue weighted by atomic mass is 10.1. The van der Waals surface area contributed by atoms with Gasteiger partial charge in [-0.05, 0) is 47.0 Å². The van der Waals surface area contributed by atoms with Gasteiger partial charge in [-0.1, -0.05) is 24.3 Å². The van der Waals surface area contributed by atoms with Crippen molar-refractivity contribution < 1.29 is 9.53 Å². The third-order valence-corrected chi connectivity index (χ3v) is 4.75. The van der Waals surface area contributed by atoms with Crippen molar-refractivity contribution in [1.82, 2.24) is 9.88 Å². The molecule has 0 spiro atoms. The SMILES string of the molecule is COc1cccc(CN2Cc3cccc(NCc4ccncc4)c3C2=O)c1. The molecule has 0 saturated heterocycles. The molecular formula is C22H21N3O2.